The first kappa shape index (κ1) is 23.0. The van der Waals surface area contributed by atoms with Crippen LogP contribution >= 0.6 is 24.8 Å². The Bertz CT molecular complexity index is 482. The summed E-state index contributed by atoms with van der Waals surface area (Å²) < 4.78 is 0. The number of nitrogens with zero attached hydrogens (tertiary/aromatic N) is 1. The molecule has 0 saturated carbocycles. The van der Waals surface area contributed by atoms with E-state index in [9.17, 15) is 4.79 Å². The minimum atomic E-state index is 0. The van der Waals surface area contributed by atoms with Crippen LogP contribution in [-0.2, 0) is 0 Å². The van der Waals surface area contributed by atoms with Crippen LogP contribution in [0.25, 0.3) is 0 Å². The number of benzene rings is 1. The molecule has 1 aromatic rings. The van der Waals surface area contributed by atoms with Crippen molar-refractivity contribution in [1.29, 1.82) is 0 Å². The SMILES string of the molecule is CCCN(CC)c1ccc(C(=O)NC2CCNC(C)C2)cc1.Cl.Cl. The predicted octanol–water partition coefficient (Wildman–Crippen LogP) is 3.64. The van der Waals surface area contributed by atoms with E-state index >= 15 is 0 Å². The Labute approximate surface area is 158 Å². The van der Waals surface area contributed by atoms with Gasteiger partial charge in [0.15, 0.2) is 0 Å². The molecule has 0 aromatic heterocycles. The van der Waals surface area contributed by atoms with Gasteiger partial charge in [-0.25, -0.2) is 0 Å². The molecule has 0 aliphatic carbocycles. The van der Waals surface area contributed by atoms with Crippen LogP contribution in [0.1, 0.15) is 50.4 Å². The van der Waals surface area contributed by atoms with E-state index in [-0.39, 0.29) is 36.8 Å². The normalized spacial score (nSPS) is 19.6. The number of hydrogen-bond donors (Lipinski definition) is 2. The van der Waals surface area contributed by atoms with Gasteiger partial charge in [0.05, 0.1) is 0 Å². The van der Waals surface area contributed by atoms with Gasteiger partial charge in [-0.05, 0) is 63.9 Å². The van der Waals surface area contributed by atoms with Crippen LogP contribution in [0.5, 0.6) is 0 Å². The van der Waals surface area contributed by atoms with Gasteiger partial charge in [0.25, 0.3) is 5.91 Å². The average Bonchev–Trinajstić information content (AvgIpc) is 2.53. The molecule has 1 saturated heterocycles. The fraction of sp³-hybridized carbons (Fsp3) is 0.611. The summed E-state index contributed by atoms with van der Waals surface area (Å²) in [5.41, 5.74) is 1.94. The fourth-order valence-corrected chi connectivity index (χ4v) is 3.10. The summed E-state index contributed by atoms with van der Waals surface area (Å²) in [7, 11) is 0. The summed E-state index contributed by atoms with van der Waals surface area (Å²) in [6.07, 6.45) is 3.14. The molecule has 1 aliphatic rings. The summed E-state index contributed by atoms with van der Waals surface area (Å²) >= 11 is 0. The average molecular weight is 376 g/mol. The van der Waals surface area contributed by atoms with E-state index < -0.39 is 0 Å². The van der Waals surface area contributed by atoms with Crippen molar-refractivity contribution < 1.29 is 4.79 Å². The molecule has 138 valence electrons. The number of rotatable bonds is 6. The van der Waals surface area contributed by atoms with Gasteiger partial charge in [-0.15, -0.1) is 24.8 Å². The smallest absolute Gasteiger partial charge is 0.251 e. The zero-order valence-electron chi connectivity index (χ0n) is 14.9. The van der Waals surface area contributed by atoms with Gasteiger partial charge in [0.2, 0.25) is 0 Å². The molecule has 0 radical (unpaired) electrons. The number of piperidine rings is 1. The van der Waals surface area contributed by atoms with Gasteiger partial charge in [-0.2, -0.15) is 0 Å². The van der Waals surface area contributed by atoms with E-state index in [4.69, 9.17) is 0 Å². The van der Waals surface area contributed by atoms with Crippen molar-refractivity contribution in [2.45, 2.75) is 52.1 Å². The van der Waals surface area contributed by atoms with Crippen molar-refractivity contribution in [1.82, 2.24) is 10.6 Å². The maximum atomic E-state index is 12.4. The number of carbonyl (C=O) groups is 1. The minimum absolute atomic E-state index is 0. The lowest BCUT2D eigenvalue weighted by atomic mass is 10.0. The summed E-state index contributed by atoms with van der Waals surface area (Å²) in [6, 6.07) is 8.75. The van der Waals surface area contributed by atoms with E-state index in [1.807, 2.05) is 12.1 Å². The molecule has 1 fully saturated rings. The summed E-state index contributed by atoms with van der Waals surface area (Å²) in [5.74, 6) is 0.0455. The van der Waals surface area contributed by atoms with Gasteiger partial charge < -0.3 is 15.5 Å². The lowest BCUT2D eigenvalue weighted by Crippen LogP contribution is -2.46. The quantitative estimate of drug-likeness (QED) is 0.797. The molecule has 1 aliphatic heterocycles. The van der Waals surface area contributed by atoms with E-state index in [2.05, 4.69) is 48.4 Å². The molecule has 2 atom stereocenters. The molecule has 0 spiro atoms. The summed E-state index contributed by atoms with van der Waals surface area (Å²) in [4.78, 5) is 14.7. The highest BCUT2D eigenvalue weighted by atomic mass is 35.5. The number of nitrogens with one attached hydrogen (secondary N) is 2. The minimum Gasteiger partial charge on any atom is -0.372 e. The second-order valence-electron chi connectivity index (χ2n) is 6.18. The van der Waals surface area contributed by atoms with Crippen LogP contribution < -0.4 is 15.5 Å². The van der Waals surface area contributed by atoms with Crippen molar-refractivity contribution >= 4 is 36.4 Å². The summed E-state index contributed by atoms with van der Waals surface area (Å²) in [5, 5.41) is 6.57. The molecular formula is C18H31Cl2N3O. The Kier molecular flexibility index (Phi) is 11.1. The first-order valence-corrected chi connectivity index (χ1v) is 8.53. The Morgan fingerprint density at radius 3 is 2.46 bits per heavy atom. The highest BCUT2D eigenvalue weighted by Gasteiger charge is 2.20. The van der Waals surface area contributed by atoms with Crippen molar-refractivity contribution in [2.24, 2.45) is 0 Å². The van der Waals surface area contributed by atoms with Crippen LogP contribution in [0.2, 0.25) is 0 Å². The van der Waals surface area contributed by atoms with Crippen LogP contribution in [0.3, 0.4) is 0 Å². The van der Waals surface area contributed by atoms with Gasteiger partial charge in [-0.3, -0.25) is 4.79 Å². The van der Waals surface area contributed by atoms with Gasteiger partial charge in [0.1, 0.15) is 0 Å². The van der Waals surface area contributed by atoms with E-state index in [1.54, 1.807) is 0 Å². The third-order valence-corrected chi connectivity index (χ3v) is 4.33. The third kappa shape index (κ3) is 6.50. The van der Waals surface area contributed by atoms with Crippen LogP contribution in [0.15, 0.2) is 24.3 Å². The lowest BCUT2D eigenvalue weighted by molar-refractivity contribution is 0.0925. The van der Waals surface area contributed by atoms with Gasteiger partial charge >= 0.3 is 0 Å². The largest absolute Gasteiger partial charge is 0.372 e. The van der Waals surface area contributed by atoms with Crippen molar-refractivity contribution in [3.05, 3.63) is 29.8 Å². The molecule has 1 amide bonds. The van der Waals surface area contributed by atoms with Crippen LogP contribution in [-0.4, -0.2) is 37.6 Å². The Morgan fingerprint density at radius 2 is 1.92 bits per heavy atom. The van der Waals surface area contributed by atoms with Crippen LogP contribution in [0, 0.1) is 0 Å². The summed E-state index contributed by atoms with van der Waals surface area (Å²) in [6.45, 7) is 9.54. The molecule has 6 heteroatoms. The van der Waals surface area contributed by atoms with Crippen molar-refractivity contribution in [3.8, 4) is 0 Å². The Hall–Kier alpha value is -0.970. The molecular weight excluding hydrogens is 345 g/mol. The second kappa shape index (κ2) is 11.6. The van der Waals surface area contributed by atoms with E-state index in [0.717, 1.165) is 44.5 Å². The monoisotopic (exact) mass is 375 g/mol. The number of anilines is 1. The number of hydrogen-bond acceptors (Lipinski definition) is 3. The molecule has 0 bridgehead atoms. The Balaban J connectivity index is 0.00000264. The zero-order chi connectivity index (χ0) is 15.9. The lowest BCUT2D eigenvalue weighted by Gasteiger charge is -2.28. The molecule has 1 aromatic carbocycles. The number of carbonyl (C=O) groups excluding carboxylic acids is 1. The topological polar surface area (TPSA) is 44.4 Å². The zero-order valence-corrected chi connectivity index (χ0v) is 16.5. The molecule has 4 nitrogen and oxygen atoms in total. The maximum absolute atomic E-state index is 12.4. The van der Waals surface area contributed by atoms with Crippen molar-refractivity contribution in [2.75, 3.05) is 24.5 Å². The van der Waals surface area contributed by atoms with Gasteiger partial charge in [0, 0.05) is 36.4 Å². The van der Waals surface area contributed by atoms with Crippen molar-refractivity contribution in [3.63, 3.8) is 0 Å². The predicted molar refractivity (Wildman–Crippen MR) is 107 cm³/mol. The Morgan fingerprint density at radius 1 is 1.25 bits per heavy atom. The molecule has 2 unspecified atom stereocenters. The van der Waals surface area contributed by atoms with Gasteiger partial charge in [-0.1, -0.05) is 6.92 Å². The number of halogens is 2. The highest BCUT2D eigenvalue weighted by molar-refractivity contribution is 5.94. The second-order valence-corrected chi connectivity index (χ2v) is 6.18. The molecule has 2 N–H and O–H groups in total. The van der Waals surface area contributed by atoms with E-state index in [1.165, 1.54) is 5.69 Å². The van der Waals surface area contributed by atoms with E-state index in [0.29, 0.717) is 6.04 Å². The molecule has 2 rings (SSSR count). The molecule has 24 heavy (non-hydrogen) atoms. The maximum Gasteiger partial charge on any atom is 0.251 e. The third-order valence-electron chi connectivity index (χ3n) is 4.33. The number of amides is 1. The first-order valence-electron chi connectivity index (χ1n) is 8.53. The first-order chi connectivity index (χ1) is 10.6. The fourth-order valence-electron chi connectivity index (χ4n) is 3.10. The standard InChI is InChI=1S/C18H29N3O.2ClH/c1-4-12-21(5-2)17-8-6-15(7-9-17)18(22)20-16-10-11-19-14(3)13-16;;/h6-9,14,16,19H,4-5,10-13H2,1-3H3,(H,20,22);2*1H. The highest BCUT2D eigenvalue weighted by Crippen LogP contribution is 2.16. The molecule has 1 heterocycles. The van der Waals surface area contributed by atoms with Crippen LogP contribution in [0.4, 0.5) is 5.69 Å².